The van der Waals surface area contributed by atoms with Gasteiger partial charge in [0.1, 0.15) is 0 Å². The average molecular weight is 185 g/mol. The fraction of sp³-hybridized carbons (Fsp3) is 0.750. The Morgan fingerprint density at radius 2 is 2.44 bits per heavy atom. The van der Waals surface area contributed by atoms with Crippen molar-refractivity contribution in [3.8, 4) is 0 Å². The molecule has 1 unspecified atom stereocenters. The molecule has 0 rings (SSSR count). The number of halogens is 1. The Morgan fingerprint density at radius 1 is 1.89 bits per heavy atom. The smallest absolute Gasteiger partial charge is 0.441 e. The molecule has 0 amide bonds. The van der Waals surface area contributed by atoms with E-state index in [0.717, 1.165) is 6.42 Å². The molecule has 0 saturated carbocycles. The van der Waals surface area contributed by atoms with Crippen molar-refractivity contribution in [3.63, 3.8) is 0 Å². The minimum Gasteiger partial charge on any atom is -0.481 e. The summed E-state index contributed by atoms with van der Waals surface area (Å²) in [5.41, 5.74) is 0. The van der Waals surface area contributed by atoms with Crippen LogP contribution in [0.25, 0.3) is 0 Å². The standard InChI is InChI=1S/C4H8ClNOPS/c1-3-4(7-2)6-8(5)9/h3H2,1-2H3/q+1. The van der Waals surface area contributed by atoms with E-state index in [9.17, 15) is 0 Å². The van der Waals surface area contributed by atoms with Gasteiger partial charge in [-0.1, -0.05) is 6.92 Å². The minimum atomic E-state index is -1.13. The van der Waals surface area contributed by atoms with E-state index in [1.165, 1.54) is 0 Å². The third kappa shape index (κ3) is 4.76. The van der Waals surface area contributed by atoms with Crippen molar-refractivity contribution in [2.45, 2.75) is 13.3 Å². The zero-order valence-electron chi connectivity index (χ0n) is 5.30. The largest absolute Gasteiger partial charge is 0.481 e. The second-order valence-corrected chi connectivity index (χ2v) is 4.53. The number of methoxy groups -OCH3 is 1. The van der Waals surface area contributed by atoms with E-state index in [1.807, 2.05) is 6.92 Å². The van der Waals surface area contributed by atoms with Gasteiger partial charge in [-0.2, -0.15) is 0 Å². The van der Waals surface area contributed by atoms with E-state index >= 15 is 0 Å². The third-order valence-electron chi connectivity index (χ3n) is 0.728. The molecule has 0 aromatic rings. The van der Waals surface area contributed by atoms with E-state index in [-0.39, 0.29) is 0 Å². The maximum atomic E-state index is 5.44. The van der Waals surface area contributed by atoms with Crippen LogP contribution in [0.1, 0.15) is 13.3 Å². The van der Waals surface area contributed by atoms with Crippen LogP contribution in [0.3, 0.4) is 0 Å². The van der Waals surface area contributed by atoms with Crippen LogP contribution in [0.2, 0.25) is 0 Å². The van der Waals surface area contributed by atoms with Crippen molar-refractivity contribution >= 4 is 35.1 Å². The van der Waals surface area contributed by atoms with Crippen molar-refractivity contribution in [1.82, 2.24) is 0 Å². The zero-order valence-corrected chi connectivity index (χ0v) is 7.76. The summed E-state index contributed by atoms with van der Waals surface area (Å²) < 4.78 is 8.68. The molecule has 0 spiro atoms. The topological polar surface area (TPSA) is 21.6 Å². The fourth-order valence-corrected chi connectivity index (χ4v) is 1.27. The van der Waals surface area contributed by atoms with Crippen molar-refractivity contribution in [3.05, 3.63) is 0 Å². The molecule has 0 heterocycles. The lowest BCUT2D eigenvalue weighted by Gasteiger charge is -1.92. The SMILES string of the molecule is CCC(=N[P+](=S)Cl)OC. The summed E-state index contributed by atoms with van der Waals surface area (Å²) in [4.78, 5) is 0. The van der Waals surface area contributed by atoms with Gasteiger partial charge in [-0.05, 0) is 4.76 Å². The Labute approximate surface area is 65.5 Å². The van der Waals surface area contributed by atoms with Crippen LogP contribution in [0.4, 0.5) is 0 Å². The third-order valence-corrected chi connectivity index (χ3v) is 1.58. The second kappa shape index (κ2) is 5.10. The Balaban J connectivity index is 3.91. The molecule has 0 saturated heterocycles. The highest BCUT2D eigenvalue weighted by Crippen LogP contribution is 2.28. The van der Waals surface area contributed by atoms with Gasteiger partial charge in [-0.25, -0.2) is 0 Å². The summed E-state index contributed by atoms with van der Waals surface area (Å²) in [5, 5.41) is 0. The first kappa shape index (κ1) is 9.28. The minimum absolute atomic E-state index is 0.631. The van der Waals surface area contributed by atoms with Crippen LogP contribution >= 0.6 is 17.4 Å². The van der Waals surface area contributed by atoms with Crippen molar-refractivity contribution in [1.29, 1.82) is 0 Å². The molecule has 0 bridgehead atoms. The van der Waals surface area contributed by atoms with Gasteiger partial charge < -0.3 is 4.74 Å². The molecular weight excluding hydrogens is 177 g/mol. The van der Waals surface area contributed by atoms with Crippen molar-refractivity contribution in [2.24, 2.45) is 4.76 Å². The Hall–Kier alpha value is 0.280. The van der Waals surface area contributed by atoms with Gasteiger partial charge in [0.05, 0.1) is 7.11 Å². The molecule has 0 radical (unpaired) electrons. The van der Waals surface area contributed by atoms with Gasteiger partial charge in [0.25, 0.3) is 0 Å². The predicted molar refractivity (Wildman–Crippen MR) is 44.9 cm³/mol. The lowest BCUT2D eigenvalue weighted by Crippen LogP contribution is -1.95. The number of rotatable bonds is 2. The molecule has 0 fully saturated rings. The highest BCUT2D eigenvalue weighted by atomic mass is 35.7. The number of hydrogen-bond donors (Lipinski definition) is 0. The lowest BCUT2D eigenvalue weighted by atomic mass is 10.5. The summed E-state index contributed by atoms with van der Waals surface area (Å²) in [5.74, 6) is 0.631. The first-order valence-corrected chi connectivity index (χ1v) is 5.66. The maximum Gasteiger partial charge on any atom is 0.441 e. The van der Waals surface area contributed by atoms with E-state index in [2.05, 4.69) is 16.6 Å². The van der Waals surface area contributed by atoms with Crippen LogP contribution in [0.5, 0.6) is 0 Å². The normalized spacial score (nSPS) is 13.2. The molecule has 0 aliphatic carbocycles. The Bertz CT molecular complexity index is 133. The van der Waals surface area contributed by atoms with E-state index in [1.54, 1.807) is 7.11 Å². The predicted octanol–water partition coefficient (Wildman–Crippen LogP) is 2.45. The molecule has 0 N–H and O–H groups in total. The van der Waals surface area contributed by atoms with Crippen LogP contribution in [0, 0.1) is 0 Å². The molecule has 5 heteroatoms. The summed E-state index contributed by atoms with van der Waals surface area (Å²) in [6.07, 6.45) is -0.384. The molecule has 1 atom stereocenters. The van der Waals surface area contributed by atoms with E-state index in [4.69, 9.17) is 16.0 Å². The van der Waals surface area contributed by atoms with Gasteiger partial charge in [0, 0.05) is 6.42 Å². The second-order valence-electron chi connectivity index (χ2n) is 1.28. The van der Waals surface area contributed by atoms with Gasteiger partial charge in [0.15, 0.2) is 0 Å². The van der Waals surface area contributed by atoms with Gasteiger partial charge in [-0.15, -0.1) is 0 Å². The highest BCUT2D eigenvalue weighted by molar-refractivity contribution is 8.16. The zero-order chi connectivity index (χ0) is 7.28. The first-order chi connectivity index (χ1) is 4.20. The van der Waals surface area contributed by atoms with Crippen molar-refractivity contribution in [2.75, 3.05) is 7.11 Å². The molecule has 0 aliphatic heterocycles. The van der Waals surface area contributed by atoms with E-state index in [0.29, 0.717) is 5.90 Å². The van der Waals surface area contributed by atoms with Crippen LogP contribution in [-0.2, 0) is 16.5 Å². The van der Waals surface area contributed by atoms with Gasteiger partial charge in [0.2, 0.25) is 28.9 Å². The molecule has 52 valence electrons. The average Bonchev–Trinajstić information content (AvgIpc) is 1.82. The first-order valence-electron chi connectivity index (χ1n) is 2.45. The Kier molecular flexibility index (Phi) is 5.25. The van der Waals surface area contributed by atoms with E-state index < -0.39 is 6.20 Å². The monoisotopic (exact) mass is 184 g/mol. The summed E-state index contributed by atoms with van der Waals surface area (Å²) in [7, 11) is 1.56. The molecule has 9 heavy (non-hydrogen) atoms. The summed E-state index contributed by atoms with van der Waals surface area (Å²) >= 11 is 10.1. The molecule has 2 nitrogen and oxygen atoms in total. The van der Waals surface area contributed by atoms with Crippen LogP contribution in [0.15, 0.2) is 4.76 Å². The van der Waals surface area contributed by atoms with Gasteiger partial charge >= 0.3 is 6.20 Å². The fourth-order valence-electron chi connectivity index (χ4n) is 0.344. The number of hydrogen-bond acceptors (Lipinski definition) is 2. The van der Waals surface area contributed by atoms with Gasteiger partial charge in [-0.3, -0.25) is 0 Å². The van der Waals surface area contributed by atoms with Crippen LogP contribution < -0.4 is 0 Å². The highest BCUT2D eigenvalue weighted by Gasteiger charge is 2.04. The van der Waals surface area contributed by atoms with Crippen LogP contribution in [-0.4, -0.2) is 13.0 Å². The number of ether oxygens (including phenoxy) is 1. The lowest BCUT2D eigenvalue weighted by molar-refractivity contribution is 0.394. The quantitative estimate of drug-likeness (QED) is 0.374. The molecule has 0 aromatic carbocycles. The molecular formula is C4H8ClNOPS+. The summed E-state index contributed by atoms with van der Waals surface area (Å²) in [6, 6.07) is 0. The number of nitrogens with zero attached hydrogens (tertiary/aromatic N) is 1. The Morgan fingerprint density at radius 3 is 2.56 bits per heavy atom. The molecule has 0 aromatic heterocycles. The molecule has 0 aliphatic rings. The maximum absolute atomic E-state index is 5.44. The van der Waals surface area contributed by atoms with Crippen molar-refractivity contribution < 1.29 is 4.74 Å². The summed E-state index contributed by atoms with van der Waals surface area (Å²) in [6.45, 7) is 1.94.